The van der Waals surface area contributed by atoms with Crippen LogP contribution in [0.3, 0.4) is 0 Å². The summed E-state index contributed by atoms with van der Waals surface area (Å²) in [5.41, 5.74) is 5.11. The molecule has 0 atom stereocenters. The van der Waals surface area contributed by atoms with E-state index in [0.29, 0.717) is 6.04 Å². The lowest BCUT2D eigenvalue weighted by Gasteiger charge is -2.21. The normalized spacial score (nSPS) is 12.8. The zero-order valence-electron chi connectivity index (χ0n) is 8.49. The SMILES string of the molecule is CC(C)N.FCOC(C(F)(F)F)C(F)(F)F. The first-order chi connectivity index (χ1) is 6.92. The smallest absolute Gasteiger partial charge is 0.329 e. The molecule has 0 aliphatic carbocycles. The van der Waals surface area contributed by atoms with E-state index in [1.807, 2.05) is 13.8 Å². The molecule has 0 aliphatic heterocycles. The zero-order valence-corrected chi connectivity index (χ0v) is 8.49. The molecule has 0 aromatic carbocycles. The van der Waals surface area contributed by atoms with Crippen molar-refractivity contribution in [2.24, 2.45) is 5.73 Å². The predicted molar refractivity (Wildman–Crippen MR) is 42.3 cm³/mol. The average molecular weight is 259 g/mol. The van der Waals surface area contributed by atoms with Gasteiger partial charge in [-0.15, -0.1) is 0 Å². The maximum absolute atomic E-state index is 11.4. The molecule has 100 valence electrons. The Hall–Kier alpha value is -0.570. The second kappa shape index (κ2) is 6.89. The molecule has 0 rings (SSSR count). The molecule has 16 heavy (non-hydrogen) atoms. The fourth-order valence-corrected chi connectivity index (χ4v) is 0.438. The second-order valence-electron chi connectivity index (χ2n) is 2.98. The summed E-state index contributed by atoms with van der Waals surface area (Å²) in [5.74, 6) is 0. The minimum absolute atomic E-state index is 0.333. The predicted octanol–water partition coefficient (Wildman–Crippen LogP) is 2.78. The van der Waals surface area contributed by atoms with Crippen molar-refractivity contribution < 1.29 is 35.5 Å². The van der Waals surface area contributed by atoms with Crippen LogP contribution in [0.1, 0.15) is 13.8 Å². The largest absolute Gasteiger partial charge is 0.423 e. The summed E-state index contributed by atoms with van der Waals surface area (Å²) in [5, 5.41) is 0. The Morgan fingerprint density at radius 1 is 1.00 bits per heavy atom. The van der Waals surface area contributed by atoms with Gasteiger partial charge in [0.05, 0.1) is 0 Å². The maximum atomic E-state index is 11.4. The molecule has 0 spiro atoms. The molecule has 0 unspecified atom stereocenters. The standard InChI is InChI=1S/C4H3F7O.C3H9N/c5-1-12-2(3(6,7)8)4(9,10)11;1-3(2)4/h2H,1H2;3H,4H2,1-2H3. The third-order valence-electron chi connectivity index (χ3n) is 0.824. The Bertz CT molecular complexity index is 160. The van der Waals surface area contributed by atoms with Crippen LogP contribution in [0.5, 0.6) is 0 Å². The number of hydrogen-bond acceptors (Lipinski definition) is 2. The molecule has 0 aromatic heterocycles. The van der Waals surface area contributed by atoms with Crippen molar-refractivity contribution in [1.82, 2.24) is 0 Å². The van der Waals surface area contributed by atoms with Crippen molar-refractivity contribution in [1.29, 1.82) is 0 Å². The lowest BCUT2D eigenvalue weighted by atomic mass is 10.3. The topological polar surface area (TPSA) is 35.2 Å². The van der Waals surface area contributed by atoms with Gasteiger partial charge in [-0.1, -0.05) is 13.8 Å². The number of rotatable bonds is 2. The maximum Gasteiger partial charge on any atom is 0.423 e. The number of ether oxygens (including phenoxy) is 1. The van der Waals surface area contributed by atoms with E-state index in [2.05, 4.69) is 4.74 Å². The first kappa shape index (κ1) is 17.8. The average Bonchev–Trinajstić information content (AvgIpc) is 1.94. The monoisotopic (exact) mass is 259 g/mol. The molecule has 2 N–H and O–H groups in total. The van der Waals surface area contributed by atoms with Gasteiger partial charge in [-0.2, -0.15) is 26.3 Å². The summed E-state index contributed by atoms with van der Waals surface area (Å²) in [7, 11) is 0. The van der Waals surface area contributed by atoms with Gasteiger partial charge < -0.3 is 10.5 Å². The number of nitrogens with two attached hydrogens (primary N) is 1. The van der Waals surface area contributed by atoms with E-state index in [0.717, 1.165) is 0 Å². The van der Waals surface area contributed by atoms with Crippen LogP contribution in [-0.2, 0) is 4.74 Å². The summed E-state index contributed by atoms with van der Waals surface area (Å²) in [6.07, 6.45) is -15.3. The quantitative estimate of drug-likeness (QED) is 0.774. The first-order valence-corrected chi connectivity index (χ1v) is 3.99. The van der Waals surface area contributed by atoms with Gasteiger partial charge in [0, 0.05) is 0 Å². The molecule has 0 amide bonds. The van der Waals surface area contributed by atoms with Crippen LogP contribution in [-0.4, -0.2) is 31.4 Å². The fourth-order valence-electron chi connectivity index (χ4n) is 0.438. The Morgan fingerprint density at radius 2 is 1.25 bits per heavy atom. The van der Waals surface area contributed by atoms with E-state index in [-0.39, 0.29) is 0 Å². The minimum atomic E-state index is -5.63. The van der Waals surface area contributed by atoms with Crippen molar-refractivity contribution >= 4 is 0 Å². The number of hydrogen-bond donors (Lipinski definition) is 1. The molecule has 0 saturated heterocycles. The molecular weight excluding hydrogens is 247 g/mol. The molecule has 0 saturated carbocycles. The van der Waals surface area contributed by atoms with Crippen LogP contribution in [0, 0.1) is 0 Å². The van der Waals surface area contributed by atoms with Gasteiger partial charge in [0.2, 0.25) is 0 Å². The zero-order chi connectivity index (χ0) is 13.6. The van der Waals surface area contributed by atoms with Crippen molar-refractivity contribution in [2.45, 2.75) is 38.3 Å². The van der Waals surface area contributed by atoms with Crippen LogP contribution in [0.15, 0.2) is 0 Å². The molecule has 0 radical (unpaired) electrons. The van der Waals surface area contributed by atoms with Crippen molar-refractivity contribution in [2.75, 3.05) is 6.86 Å². The molecule has 9 heteroatoms. The summed E-state index contributed by atoms with van der Waals surface area (Å²) in [6.45, 7) is 1.75. The van der Waals surface area contributed by atoms with Gasteiger partial charge >= 0.3 is 12.4 Å². The highest BCUT2D eigenvalue weighted by molar-refractivity contribution is 4.75. The van der Waals surface area contributed by atoms with Crippen LogP contribution >= 0.6 is 0 Å². The van der Waals surface area contributed by atoms with E-state index >= 15 is 0 Å². The van der Waals surface area contributed by atoms with E-state index in [1.54, 1.807) is 0 Å². The van der Waals surface area contributed by atoms with Gasteiger partial charge in [-0.05, 0) is 6.04 Å². The van der Waals surface area contributed by atoms with Crippen LogP contribution in [0.4, 0.5) is 30.7 Å². The summed E-state index contributed by atoms with van der Waals surface area (Å²) in [4.78, 5) is 0. The van der Waals surface area contributed by atoms with E-state index in [9.17, 15) is 30.7 Å². The third kappa shape index (κ3) is 9.97. The highest BCUT2D eigenvalue weighted by atomic mass is 19.4. The van der Waals surface area contributed by atoms with E-state index in [1.165, 1.54) is 0 Å². The number of halogens is 7. The molecule has 0 heterocycles. The minimum Gasteiger partial charge on any atom is -0.329 e. The van der Waals surface area contributed by atoms with Gasteiger partial charge in [0.1, 0.15) is 0 Å². The Kier molecular flexibility index (Phi) is 7.68. The number of alkyl halides is 7. The molecule has 2 nitrogen and oxygen atoms in total. The van der Waals surface area contributed by atoms with Crippen LogP contribution < -0.4 is 5.73 Å². The van der Waals surface area contributed by atoms with Crippen molar-refractivity contribution in [3.05, 3.63) is 0 Å². The van der Waals surface area contributed by atoms with Gasteiger partial charge in [0.15, 0.2) is 6.86 Å². The van der Waals surface area contributed by atoms with Crippen molar-refractivity contribution in [3.8, 4) is 0 Å². The summed E-state index contributed by atoms with van der Waals surface area (Å²) >= 11 is 0. The summed E-state index contributed by atoms with van der Waals surface area (Å²) < 4.78 is 82.3. The Morgan fingerprint density at radius 3 is 1.31 bits per heavy atom. The second-order valence-corrected chi connectivity index (χ2v) is 2.98. The highest BCUT2D eigenvalue weighted by Gasteiger charge is 2.58. The van der Waals surface area contributed by atoms with Crippen molar-refractivity contribution in [3.63, 3.8) is 0 Å². The summed E-state index contributed by atoms with van der Waals surface area (Å²) in [6, 6.07) is 0.333. The first-order valence-electron chi connectivity index (χ1n) is 3.99. The molecule has 0 fully saturated rings. The lowest BCUT2D eigenvalue weighted by Crippen LogP contribution is -2.44. The molecule has 0 bridgehead atoms. The highest BCUT2D eigenvalue weighted by Crippen LogP contribution is 2.35. The Balaban J connectivity index is 0. The fraction of sp³-hybridized carbons (Fsp3) is 1.00. The molecule has 0 aromatic rings. The van der Waals surface area contributed by atoms with E-state index < -0.39 is 25.3 Å². The molecule has 0 aliphatic rings. The Labute approximate surface area is 87.5 Å². The van der Waals surface area contributed by atoms with Gasteiger partial charge in [0.25, 0.3) is 6.10 Å². The lowest BCUT2D eigenvalue weighted by molar-refractivity contribution is -0.327. The van der Waals surface area contributed by atoms with Gasteiger partial charge in [-0.25, -0.2) is 4.39 Å². The third-order valence-corrected chi connectivity index (χ3v) is 0.824. The van der Waals surface area contributed by atoms with Crippen LogP contribution in [0.2, 0.25) is 0 Å². The van der Waals surface area contributed by atoms with Gasteiger partial charge in [-0.3, -0.25) is 0 Å². The van der Waals surface area contributed by atoms with E-state index in [4.69, 9.17) is 5.73 Å². The molecular formula is C7H12F7NO. The van der Waals surface area contributed by atoms with Crippen LogP contribution in [0.25, 0.3) is 0 Å².